The van der Waals surface area contributed by atoms with Crippen molar-refractivity contribution >= 4 is 6.08 Å². The lowest BCUT2D eigenvalue weighted by atomic mass is 10.2. The molecule has 0 aliphatic carbocycles. The lowest BCUT2D eigenvalue weighted by Crippen LogP contribution is -1.63. The topological polar surface area (TPSA) is 0 Å². The molecule has 0 heteroatoms. The van der Waals surface area contributed by atoms with Crippen LogP contribution in [0, 0.1) is 0 Å². The summed E-state index contributed by atoms with van der Waals surface area (Å²) in [6, 6.07) is 22.0. The van der Waals surface area contributed by atoms with Crippen molar-refractivity contribution in [1.82, 2.24) is 0 Å². The van der Waals surface area contributed by atoms with E-state index < -0.39 is 0 Å². The molecule has 0 heterocycles. The largest absolute Gasteiger partial charge is 0.106 e. The quantitative estimate of drug-likeness (QED) is 0.552. The van der Waals surface area contributed by atoms with E-state index in [2.05, 4.69) is 33.2 Å². The predicted molar refractivity (Wildman–Crippen MR) is 94.7 cm³/mol. The van der Waals surface area contributed by atoms with Gasteiger partial charge >= 0.3 is 0 Å². The fourth-order valence-corrected chi connectivity index (χ4v) is 0.974. The van der Waals surface area contributed by atoms with Crippen molar-refractivity contribution in [3.63, 3.8) is 0 Å². The van der Waals surface area contributed by atoms with E-state index in [0.717, 1.165) is 6.42 Å². The van der Waals surface area contributed by atoms with Crippen LogP contribution in [-0.2, 0) is 0 Å². The second-order valence-electron chi connectivity index (χ2n) is 3.47. The summed E-state index contributed by atoms with van der Waals surface area (Å²) in [5, 5.41) is 0. The maximum Gasteiger partial charge on any atom is -0.0263 e. The molecule has 0 radical (unpaired) electrons. The molecule has 20 heavy (non-hydrogen) atoms. The maximum absolute atomic E-state index is 3.63. The Balaban J connectivity index is 0. The smallest absolute Gasteiger partial charge is 0.0263 e. The highest BCUT2D eigenvalue weighted by molar-refractivity contribution is 5.45. The Kier molecular flexibility index (Phi) is 19.0. The van der Waals surface area contributed by atoms with Crippen LogP contribution >= 0.6 is 0 Å². The van der Waals surface area contributed by atoms with E-state index >= 15 is 0 Å². The molecule has 0 N–H and O–H groups in total. The molecule has 0 atom stereocenters. The third-order valence-electron chi connectivity index (χ3n) is 1.99. The minimum absolute atomic E-state index is 1.08. The number of rotatable bonds is 2. The van der Waals surface area contributed by atoms with Gasteiger partial charge in [0.1, 0.15) is 0 Å². The molecule has 0 spiro atoms. The van der Waals surface area contributed by atoms with E-state index in [0.29, 0.717) is 0 Å². The Labute approximate surface area is 124 Å². The maximum atomic E-state index is 3.63. The molecule has 0 nitrogen and oxygen atoms in total. The van der Waals surface area contributed by atoms with Gasteiger partial charge in [0.25, 0.3) is 0 Å². The lowest BCUT2D eigenvalue weighted by Gasteiger charge is -1.85. The zero-order valence-corrected chi connectivity index (χ0v) is 12.5. The predicted octanol–water partition coefficient (Wildman–Crippen LogP) is 6.40. The molecule has 0 bridgehead atoms. The van der Waals surface area contributed by atoms with Crippen molar-refractivity contribution in [2.75, 3.05) is 0 Å². The van der Waals surface area contributed by atoms with Gasteiger partial charge in [0.15, 0.2) is 0 Å². The highest BCUT2D eigenvalue weighted by atomic mass is 13.8. The lowest BCUT2D eigenvalue weighted by molar-refractivity contribution is 1.23. The second-order valence-corrected chi connectivity index (χ2v) is 3.47. The summed E-state index contributed by atoms with van der Waals surface area (Å²) < 4.78 is 0. The van der Waals surface area contributed by atoms with Crippen molar-refractivity contribution in [3.05, 3.63) is 105 Å². The van der Waals surface area contributed by atoms with Gasteiger partial charge in [-0.05, 0) is 12.0 Å². The first-order valence-corrected chi connectivity index (χ1v) is 6.63. The van der Waals surface area contributed by atoms with E-state index in [1.807, 2.05) is 78.9 Å². The second kappa shape index (κ2) is 19.0. The van der Waals surface area contributed by atoms with Crippen LogP contribution in [0.15, 0.2) is 99.1 Å². The van der Waals surface area contributed by atoms with Crippen LogP contribution in [0.1, 0.15) is 18.9 Å². The molecule has 0 amide bonds. The number of hydrogen-bond donors (Lipinski definition) is 0. The minimum Gasteiger partial charge on any atom is -0.106 e. The van der Waals surface area contributed by atoms with Gasteiger partial charge in [-0.3, -0.25) is 0 Å². The van der Waals surface area contributed by atoms with Gasteiger partial charge in [-0.15, -0.1) is 19.7 Å². The first-order valence-electron chi connectivity index (χ1n) is 6.63. The van der Waals surface area contributed by atoms with Crippen LogP contribution in [0.2, 0.25) is 0 Å². The molecule has 0 unspecified atom stereocenters. The number of hydrogen-bond acceptors (Lipinski definition) is 0. The summed E-state index contributed by atoms with van der Waals surface area (Å²) in [4.78, 5) is 0. The van der Waals surface area contributed by atoms with Gasteiger partial charge < -0.3 is 0 Å². The Morgan fingerprint density at radius 3 is 1.25 bits per heavy atom. The van der Waals surface area contributed by atoms with Crippen LogP contribution in [0.3, 0.4) is 0 Å². The molecule has 0 aromatic heterocycles. The average molecular weight is 266 g/mol. The van der Waals surface area contributed by atoms with Crippen LogP contribution < -0.4 is 0 Å². The molecule has 0 fully saturated rings. The number of allylic oxidation sites excluding steroid dienone is 1. The highest BCUT2D eigenvalue weighted by Gasteiger charge is 1.75. The third-order valence-corrected chi connectivity index (χ3v) is 1.99. The normalized spacial score (nSPS) is 7.25. The van der Waals surface area contributed by atoms with Crippen molar-refractivity contribution in [2.24, 2.45) is 0 Å². The Morgan fingerprint density at radius 2 is 1.05 bits per heavy atom. The van der Waals surface area contributed by atoms with Gasteiger partial charge in [0.05, 0.1) is 0 Å². The average Bonchev–Trinajstić information content (AvgIpc) is 2.60. The van der Waals surface area contributed by atoms with Crippen molar-refractivity contribution < 1.29 is 0 Å². The Hall–Kier alpha value is -2.34. The van der Waals surface area contributed by atoms with E-state index in [-0.39, 0.29) is 0 Å². The van der Waals surface area contributed by atoms with Gasteiger partial charge in [-0.1, -0.05) is 92.4 Å². The van der Waals surface area contributed by atoms with Crippen LogP contribution in [0.25, 0.3) is 6.08 Å². The highest BCUT2D eigenvalue weighted by Crippen LogP contribution is 1.97. The fourth-order valence-electron chi connectivity index (χ4n) is 0.974. The van der Waals surface area contributed by atoms with Gasteiger partial charge in [-0.25, -0.2) is 0 Å². The van der Waals surface area contributed by atoms with Gasteiger partial charge in [-0.2, -0.15) is 0 Å². The van der Waals surface area contributed by atoms with Gasteiger partial charge in [0.2, 0.25) is 0 Å². The molecular formula is C20H26. The summed E-state index contributed by atoms with van der Waals surface area (Å²) >= 11 is 0. The summed E-state index contributed by atoms with van der Waals surface area (Å²) in [6.45, 7) is 15.2. The van der Waals surface area contributed by atoms with Crippen LogP contribution in [0.5, 0.6) is 0 Å². The van der Waals surface area contributed by atoms with Gasteiger partial charge in [0, 0.05) is 0 Å². The minimum atomic E-state index is 1.08. The molecule has 2 rings (SSSR count). The molecule has 0 aliphatic rings. The molecule has 106 valence electrons. The zero-order chi connectivity index (χ0) is 15.5. The summed E-state index contributed by atoms with van der Waals surface area (Å²) in [5.74, 6) is 0. The SMILES string of the molecule is C=C.C=CCC.C=Cc1ccccc1.c1ccccc1. The summed E-state index contributed by atoms with van der Waals surface area (Å²) in [5.41, 5.74) is 1.17. The van der Waals surface area contributed by atoms with Crippen LogP contribution in [-0.4, -0.2) is 0 Å². The van der Waals surface area contributed by atoms with Crippen molar-refractivity contribution in [1.29, 1.82) is 0 Å². The summed E-state index contributed by atoms with van der Waals surface area (Å²) in [6.07, 6.45) is 4.79. The third kappa shape index (κ3) is 15.7. The first kappa shape index (κ1) is 20.0. The Morgan fingerprint density at radius 1 is 0.750 bits per heavy atom. The standard InChI is InChI=1S/C8H8.C6H6.C4H8.C2H4/c1-2-8-6-4-3-5-7-8;1-2-4-6-5-3-1;1-3-4-2;1-2/h2-7H,1H2;1-6H;3H,1,4H2,2H3;1-2H2. The molecule has 2 aromatic carbocycles. The summed E-state index contributed by atoms with van der Waals surface area (Å²) in [7, 11) is 0. The molecule has 2 aromatic rings. The van der Waals surface area contributed by atoms with E-state index in [1.165, 1.54) is 5.56 Å². The monoisotopic (exact) mass is 266 g/mol. The zero-order valence-electron chi connectivity index (χ0n) is 12.5. The number of benzene rings is 2. The van der Waals surface area contributed by atoms with Crippen molar-refractivity contribution in [3.8, 4) is 0 Å². The Bertz CT molecular complexity index is 374. The van der Waals surface area contributed by atoms with E-state index in [9.17, 15) is 0 Å². The molecular weight excluding hydrogens is 240 g/mol. The van der Waals surface area contributed by atoms with Crippen LogP contribution in [0.4, 0.5) is 0 Å². The fraction of sp³-hybridized carbons (Fsp3) is 0.100. The van der Waals surface area contributed by atoms with Crippen molar-refractivity contribution in [2.45, 2.75) is 13.3 Å². The van der Waals surface area contributed by atoms with E-state index in [4.69, 9.17) is 0 Å². The molecule has 0 saturated heterocycles. The van der Waals surface area contributed by atoms with E-state index in [1.54, 1.807) is 0 Å². The first-order chi connectivity index (χ1) is 9.85. The molecule has 0 aliphatic heterocycles. The molecule has 0 saturated carbocycles.